The van der Waals surface area contributed by atoms with Gasteiger partial charge in [-0.05, 0) is 67.3 Å². The van der Waals surface area contributed by atoms with Crippen molar-refractivity contribution in [3.05, 3.63) is 94.0 Å². The number of amides is 2. The Morgan fingerprint density at radius 2 is 1.55 bits per heavy atom. The second-order valence-electron chi connectivity index (χ2n) is 9.98. The van der Waals surface area contributed by atoms with Crippen molar-refractivity contribution < 1.29 is 18.0 Å². The highest BCUT2D eigenvalue weighted by atomic mass is 35.5. The molecule has 3 aromatic carbocycles. The third kappa shape index (κ3) is 7.99. The molecule has 0 saturated carbocycles. The summed E-state index contributed by atoms with van der Waals surface area (Å²) in [5.41, 5.74) is 1.91. The number of halogens is 2. The molecule has 0 heterocycles. The van der Waals surface area contributed by atoms with Crippen LogP contribution in [0.15, 0.2) is 77.7 Å². The van der Waals surface area contributed by atoms with E-state index in [-0.39, 0.29) is 23.3 Å². The number of hydrogen-bond donors (Lipinski definition) is 1. The second-order valence-corrected chi connectivity index (χ2v) is 12.7. The normalized spacial score (nSPS) is 12.2. The number of carbonyl (C=O) groups is 2. The molecule has 214 valence electrons. The van der Waals surface area contributed by atoms with Crippen LogP contribution in [-0.2, 0) is 26.2 Å². The zero-order chi connectivity index (χ0) is 29.4. The van der Waals surface area contributed by atoms with Crippen LogP contribution in [0, 0.1) is 12.8 Å². The average Bonchev–Trinajstić information content (AvgIpc) is 2.92. The maximum atomic E-state index is 14.1. The molecule has 0 aliphatic carbocycles. The second kappa shape index (κ2) is 14.0. The van der Waals surface area contributed by atoms with Gasteiger partial charge in [0, 0.05) is 23.1 Å². The molecule has 0 saturated heterocycles. The smallest absolute Gasteiger partial charge is 0.264 e. The summed E-state index contributed by atoms with van der Waals surface area (Å²) in [6.45, 7) is 7.63. The molecule has 0 aliphatic heterocycles. The number of benzene rings is 3. The van der Waals surface area contributed by atoms with Crippen molar-refractivity contribution in [3.8, 4) is 0 Å². The number of sulfonamides is 1. The summed E-state index contributed by atoms with van der Waals surface area (Å²) in [6, 6.07) is 18.9. The van der Waals surface area contributed by atoms with E-state index in [0.29, 0.717) is 34.3 Å². The van der Waals surface area contributed by atoms with Gasteiger partial charge in [0.25, 0.3) is 10.0 Å². The molecular formula is C30H35Cl2N3O4S. The number of carbonyl (C=O) groups excluding carboxylic acids is 2. The minimum Gasteiger partial charge on any atom is -0.354 e. The van der Waals surface area contributed by atoms with Gasteiger partial charge < -0.3 is 10.2 Å². The van der Waals surface area contributed by atoms with E-state index < -0.39 is 28.5 Å². The zero-order valence-corrected chi connectivity index (χ0v) is 25.4. The molecule has 0 aromatic heterocycles. The molecule has 0 bridgehead atoms. The summed E-state index contributed by atoms with van der Waals surface area (Å²) in [6.07, 6.45) is 0.328. The SMILES string of the molecule is CCC(C(=O)NCC(C)C)N(Cc1ccccc1Cl)C(=O)CN(c1ccc(C)cc1)S(=O)(=O)c1ccc(Cl)cc1. The van der Waals surface area contributed by atoms with Crippen LogP contribution in [0.2, 0.25) is 10.0 Å². The molecule has 0 radical (unpaired) electrons. The highest BCUT2D eigenvalue weighted by Crippen LogP contribution is 2.27. The lowest BCUT2D eigenvalue weighted by molar-refractivity contribution is -0.140. The van der Waals surface area contributed by atoms with Gasteiger partial charge in [0.2, 0.25) is 11.8 Å². The molecule has 10 heteroatoms. The largest absolute Gasteiger partial charge is 0.354 e. The van der Waals surface area contributed by atoms with E-state index in [9.17, 15) is 18.0 Å². The van der Waals surface area contributed by atoms with E-state index in [1.54, 1.807) is 48.5 Å². The van der Waals surface area contributed by atoms with Crippen molar-refractivity contribution in [1.29, 1.82) is 0 Å². The third-order valence-electron chi connectivity index (χ3n) is 6.37. The van der Waals surface area contributed by atoms with E-state index >= 15 is 0 Å². The summed E-state index contributed by atoms with van der Waals surface area (Å²) in [5, 5.41) is 3.75. The molecule has 1 unspecified atom stereocenters. The van der Waals surface area contributed by atoms with Crippen molar-refractivity contribution in [2.45, 2.75) is 51.6 Å². The minimum atomic E-state index is -4.17. The van der Waals surface area contributed by atoms with Crippen LogP contribution >= 0.6 is 23.2 Å². The quantitative estimate of drug-likeness (QED) is 0.272. The summed E-state index contributed by atoms with van der Waals surface area (Å²) in [7, 11) is -4.17. The summed E-state index contributed by atoms with van der Waals surface area (Å²) in [5.74, 6) is -0.626. The molecule has 1 N–H and O–H groups in total. The number of anilines is 1. The van der Waals surface area contributed by atoms with Gasteiger partial charge in [-0.3, -0.25) is 13.9 Å². The van der Waals surface area contributed by atoms with Crippen molar-refractivity contribution in [1.82, 2.24) is 10.2 Å². The van der Waals surface area contributed by atoms with Crippen LogP contribution in [-0.4, -0.2) is 44.3 Å². The first-order valence-electron chi connectivity index (χ1n) is 13.1. The lowest BCUT2D eigenvalue weighted by atomic mass is 10.1. The van der Waals surface area contributed by atoms with Crippen LogP contribution in [0.3, 0.4) is 0 Å². The molecule has 40 heavy (non-hydrogen) atoms. The Kier molecular flexibility index (Phi) is 11.0. The van der Waals surface area contributed by atoms with Gasteiger partial charge in [-0.25, -0.2) is 8.42 Å². The molecular weight excluding hydrogens is 569 g/mol. The molecule has 2 amide bonds. The standard InChI is InChI=1S/C30H35Cl2N3O4S/c1-5-28(30(37)33-18-21(2)3)34(19-23-8-6-7-9-27(23)32)29(36)20-35(25-14-10-22(4)11-15-25)40(38,39)26-16-12-24(31)13-17-26/h6-17,21,28H,5,18-20H2,1-4H3,(H,33,37). The number of hydrogen-bond acceptors (Lipinski definition) is 4. The summed E-state index contributed by atoms with van der Waals surface area (Å²) >= 11 is 12.4. The van der Waals surface area contributed by atoms with Crippen molar-refractivity contribution in [3.63, 3.8) is 0 Å². The van der Waals surface area contributed by atoms with Gasteiger partial charge in [-0.2, -0.15) is 0 Å². The lowest BCUT2D eigenvalue weighted by Crippen LogP contribution is -2.52. The van der Waals surface area contributed by atoms with Crippen LogP contribution in [0.25, 0.3) is 0 Å². The number of nitrogens with one attached hydrogen (secondary N) is 1. The van der Waals surface area contributed by atoms with E-state index in [4.69, 9.17) is 23.2 Å². The van der Waals surface area contributed by atoms with Gasteiger partial charge in [-0.15, -0.1) is 0 Å². The van der Waals surface area contributed by atoms with Crippen LogP contribution in [0.1, 0.15) is 38.3 Å². The molecule has 1 atom stereocenters. The summed E-state index contributed by atoms with van der Waals surface area (Å²) < 4.78 is 28.8. The van der Waals surface area contributed by atoms with Crippen molar-refractivity contribution in [2.75, 3.05) is 17.4 Å². The monoisotopic (exact) mass is 603 g/mol. The highest BCUT2D eigenvalue weighted by Gasteiger charge is 2.34. The Morgan fingerprint density at radius 3 is 2.12 bits per heavy atom. The van der Waals surface area contributed by atoms with E-state index in [2.05, 4.69) is 5.32 Å². The lowest BCUT2D eigenvalue weighted by Gasteiger charge is -2.33. The maximum absolute atomic E-state index is 14.1. The van der Waals surface area contributed by atoms with E-state index in [1.807, 2.05) is 27.7 Å². The topological polar surface area (TPSA) is 86.8 Å². The first-order valence-corrected chi connectivity index (χ1v) is 15.3. The number of rotatable bonds is 12. The molecule has 0 aliphatic rings. The van der Waals surface area contributed by atoms with Gasteiger partial charge >= 0.3 is 0 Å². The fourth-order valence-electron chi connectivity index (χ4n) is 4.13. The Balaban J connectivity index is 2.05. The summed E-state index contributed by atoms with van der Waals surface area (Å²) in [4.78, 5) is 28.7. The first-order chi connectivity index (χ1) is 18.9. The Morgan fingerprint density at radius 1 is 0.925 bits per heavy atom. The van der Waals surface area contributed by atoms with Crippen molar-refractivity contribution in [2.24, 2.45) is 5.92 Å². The van der Waals surface area contributed by atoms with Gasteiger partial charge in [0.15, 0.2) is 0 Å². The zero-order valence-electron chi connectivity index (χ0n) is 23.1. The van der Waals surface area contributed by atoms with Gasteiger partial charge in [0.1, 0.15) is 12.6 Å². The predicted octanol–water partition coefficient (Wildman–Crippen LogP) is 6.08. The maximum Gasteiger partial charge on any atom is 0.264 e. The number of nitrogens with zero attached hydrogens (tertiary/aromatic N) is 2. The Bertz CT molecular complexity index is 1410. The van der Waals surface area contributed by atoms with E-state index in [0.717, 1.165) is 9.87 Å². The Hall–Kier alpha value is -3.07. The predicted molar refractivity (Wildman–Crippen MR) is 161 cm³/mol. The molecule has 0 fully saturated rings. The molecule has 7 nitrogen and oxygen atoms in total. The number of aryl methyl sites for hydroxylation is 1. The van der Waals surface area contributed by atoms with Crippen molar-refractivity contribution >= 4 is 50.7 Å². The van der Waals surface area contributed by atoms with Gasteiger partial charge in [0.05, 0.1) is 10.6 Å². The molecule has 3 rings (SSSR count). The van der Waals surface area contributed by atoms with Crippen LogP contribution < -0.4 is 9.62 Å². The van der Waals surface area contributed by atoms with E-state index in [1.165, 1.54) is 29.2 Å². The Labute approximate surface area is 247 Å². The minimum absolute atomic E-state index is 0.00959. The first kappa shape index (κ1) is 31.5. The fourth-order valence-corrected chi connectivity index (χ4v) is 5.86. The van der Waals surface area contributed by atoms with Crippen LogP contribution in [0.4, 0.5) is 5.69 Å². The fraction of sp³-hybridized carbons (Fsp3) is 0.333. The third-order valence-corrected chi connectivity index (χ3v) is 8.78. The molecule has 3 aromatic rings. The average molecular weight is 605 g/mol. The van der Waals surface area contributed by atoms with Gasteiger partial charge in [-0.1, -0.05) is 79.9 Å². The molecule has 0 spiro atoms. The highest BCUT2D eigenvalue weighted by molar-refractivity contribution is 7.92. The van der Waals surface area contributed by atoms with Crippen LogP contribution in [0.5, 0.6) is 0 Å².